The second-order valence-electron chi connectivity index (χ2n) is 7.16. The molecule has 0 spiro atoms. The molecule has 9 nitrogen and oxygen atoms in total. The van der Waals surface area contributed by atoms with Gasteiger partial charge in [0.05, 0.1) is 27.3 Å². The Balaban J connectivity index is 0.00000385. The van der Waals surface area contributed by atoms with E-state index in [0.717, 1.165) is 11.3 Å². The molecule has 2 amide bonds. The van der Waals surface area contributed by atoms with Crippen LogP contribution in [0.2, 0.25) is 0 Å². The van der Waals surface area contributed by atoms with Gasteiger partial charge in [-0.25, -0.2) is 4.99 Å². The topological polar surface area (TPSA) is 104 Å². The first-order valence-electron chi connectivity index (χ1n) is 10.5. The van der Waals surface area contributed by atoms with Crippen molar-refractivity contribution in [1.82, 2.24) is 15.5 Å². The fourth-order valence-corrected chi connectivity index (χ4v) is 3.28. The van der Waals surface area contributed by atoms with E-state index < -0.39 is 0 Å². The van der Waals surface area contributed by atoms with Crippen LogP contribution in [-0.4, -0.2) is 63.1 Å². The number of guanidine groups is 1. The fraction of sp³-hybridized carbons (Fsp3) is 0.348. The van der Waals surface area contributed by atoms with Crippen molar-refractivity contribution in [3.63, 3.8) is 0 Å². The second-order valence-corrected chi connectivity index (χ2v) is 7.16. The molecule has 0 unspecified atom stereocenters. The Morgan fingerprint density at radius 2 is 1.85 bits per heavy atom. The number of aliphatic imine (C=N–C) groups is 1. The largest absolute Gasteiger partial charge is 0.493 e. The van der Waals surface area contributed by atoms with Gasteiger partial charge in [-0.1, -0.05) is 12.1 Å². The Morgan fingerprint density at radius 3 is 2.48 bits per heavy atom. The number of nitrogens with zero attached hydrogens (tertiary/aromatic N) is 2. The highest BCUT2D eigenvalue weighted by Crippen LogP contribution is 2.29. The standard InChI is InChI=1S/C23H29N5O4.HI/c1-4-24-23(27-18-9-10-19(31-2)20(13-18)32-3)26-14-16-5-7-17(8-6-16)22(30)28-12-11-25-21(29)15-28;/h5-10,13H,4,11-12,14-15H2,1-3H3,(H,25,29)(H2,24,26,27);1H. The summed E-state index contributed by atoms with van der Waals surface area (Å²) in [6.07, 6.45) is 0. The summed E-state index contributed by atoms with van der Waals surface area (Å²) in [5.74, 6) is 1.63. The van der Waals surface area contributed by atoms with Gasteiger partial charge in [-0.05, 0) is 36.8 Å². The van der Waals surface area contributed by atoms with Crippen LogP contribution in [0.1, 0.15) is 22.8 Å². The Kier molecular flexibility index (Phi) is 10.2. The van der Waals surface area contributed by atoms with E-state index in [-0.39, 0.29) is 42.3 Å². The molecule has 1 saturated heterocycles. The van der Waals surface area contributed by atoms with Crippen LogP contribution in [-0.2, 0) is 11.3 Å². The lowest BCUT2D eigenvalue weighted by molar-refractivity contribution is -0.123. The number of ether oxygens (including phenoxy) is 2. The Bertz CT molecular complexity index is 981. The van der Waals surface area contributed by atoms with Crippen molar-refractivity contribution in [2.75, 3.05) is 45.7 Å². The molecule has 2 aromatic carbocycles. The first kappa shape index (κ1) is 26.2. The van der Waals surface area contributed by atoms with Gasteiger partial charge < -0.3 is 30.3 Å². The van der Waals surface area contributed by atoms with E-state index in [1.165, 1.54) is 0 Å². The average molecular weight is 567 g/mol. The van der Waals surface area contributed by atoms with Crippen molar-refractivity contribution >= 4 is 47.4 Å². The second kappa shape index (κ2) is 12.9. The summed E-state index contributed by atoms with van der Waals surface area (Å²) >= 11 is 0. The third-order valence-electron chi connectivity index (χ3n) is 4.94. The number of carbonyl (C=O) groups excluding carboxylic acids is 2. The van der Waals surface area contributed by atoms with Gasteiger partial charge in [0, 0.05) is 37.0 Å². The first-order chi connectivity index (χ1) is 15.5. The lowest BCUT2D eigenvalue weighted by atomic mass is 10.1. The number of anilines is 1. The van der Waals surface area contributed by atoms with Gasteiger partial charge in [0.25, 0.3) is 5.91 Å². The number of hydrogen-bond acceptors (Lipinski definition) is 5. The van der Waals surface area contributed by atoms with Crippen molar-refractivity contribution in [2.45, 2.75) is 13.5 Å². The summed E-state index contributed by atoms with van der Waals surface area (Å²) in [4.78, 5) is 30.3. The number of rotatable bonds is 7. The molecular weight excluding hydrogens is 537 g/mol. The van der Waals surface area contributed by atoms with Crippen LogP contribution in [0.3, 0.4) is 0 Å². The molecule has 178 valence electrons. The van der Waals surface area contributed by atoms with Gasteiger partial charge in [-0.3, -0.25) is 9.59 Å². The van der Waals surface area contributed by atoms with Crippen LogP contribution in [0.4, 0.5) is 5.69 Å². The number of piperazine rings is 1. The van der Waals surface area contributed by atoms with Crippen molar-refractivity contribution in [3.8, 4) is 11.5 Å². The minimum absolute atomic E-state index is 0. The molecule has 0 aliphatic carbocycles. The average Bonchev–Trinajstić information content (AvgIpc) is 2.82. The molecule has 33 heavy (non-hydrogen) atoms. The van der Waals surface area contributed by atoms with Crippen LogP contribution in [0.15, 0.2) is 47.5 Å². The van der Waals surface area contributed by atoms with E-state index in [1.807, 2.05) is 37.3 Å². The maximum Gasteiger partial charge on any atom is 0.254 e. The SMILES string of the molecule is CCNC(=NCc1ccc(C(=O)N2CCNC(=O)C2)cc1)Nc1ccc(OC)c(OC)c1.I. The molecule has 1 fully saturated rings. The molecule has 0 bridgehead atoms. The zero-order valence-electron chi connectivity index (χ0n) is 19.0. The number of hydrogen-bond donors (Lipinski definition) is 3. The zero-order chi connectivity index (χ0) is 22.9. The van der Waals surface area contributed by atoms with E-state index in [0.29, 0.717) is 49.2 Å². The van der Waals surface area contributed by atoms with Crippen molar-refractivity contribution < 1.29 is 19.1 Å². The summed E-state index contributed by atoms with van der Waals surface area (Å²) in [6.45, 7) is 4.23. The van der Waals surface area contributed by atoms with Crippen LogP contribution < -0.4 is 25.4 Å². The van der Waals surface area contributed by atoms with Crippen molar-refractivity contribution in [2.24, 2.45) is 4.99 Å². The molecule has 1 heterocycles. The van der Waals surface area contributed by atoms with Gasteiger partial charge >= 0.3 is 0 Å². The quantitative estimate of drug-likeness (QED) is 0.270. The van der Waals surface area contributed by atoms with Gasteiger partial charge in [0.2, 0.25) is 5.91 Å². The molecule has 1 aliphatic rings. The van der Waals surface area contributed by atoms with Gasteiger partial charge in [-0.2, -0.15) is 0 Å². The summed E-state index contributed by atoms with van der Waals surface area (Å²) < 4.78 is 10.6. The van der Waals surface area contributed by atoms with Crippen molar-refractivity contribution in [3.05, 3.63) is 53.6 Å². The van der Waals surface area contributed by atoms with E-state index in [2.05, 4.69) is 20.9 Å². The number of nitrogens with one attached hydrogen (secondary N) is 3. The minimum Gasteiger partial charge on any atom is -0.493 e. The molecule has 10 heteroatoms. The van der Waals surface area contributed by atoms with Crippen LogP contribution >= 0.6 is 24.0 Å². The smallest absolute Gasteiger partial charge is 0.254 e. The third-order valence-corrected chi connectivity index (χ3v) is 4.94. The van der Waals surface area contributed by atoms with E-state index in [4.69, 9.17) is 9.47 Å². The summed E-state index contributed by atoms with van der Waals surface area (Å²) in [6, 6.07) is 12.8. The first-order valence-corrected chi connectivity index (χ1v) is 10.5. The number of carbonyl (C=O) groups is 2. The van der Waals surface area contributed by atoms with Crippen LogP contribution in [0, 0.1) is 0 Å². The van der Waals surface area contributed by atoms with Crippen molar-refractivity contribution in [1.29, 1.82) is 0 Å². The normalized spacial score (nSPS) is 13.5. The molecule has 3 rings (SSSR count). The van der Waals surface area contributed by atoms with Crippen LogP contribution in [0.25, 0.3) is 0 Å². The highest BCUT2D eigenvalue weighted by atomic mass is 127. The predicted molar refractivity (Wildman–Crippen MR) is 139 cm³/mol. The van der Waals surface area contributed by atoms with Crippen LogP contribution in [0.5, 0.6) is 11.5 Å². The monoisotopic (exact) mass is 567 g/mol. The molecule has 3 N–H and O–H groups in total. The molecule has 0 aromatic heterocycles. The number of benzene rings is 2. The maximum atomic E-state index is 12.6. The lowest BCUT2D eigenvalue weighted by Gasteiger charge is -2.26. The lowest BCUT2D eigenvalue weighted by Crippen LogP contribution is -2.49. The third kappa shape index (κ3) is 7.24. The molecule has 0 atom stereocenters. The molecule has 1 aliphatic heterocycles. The predicted octanol–water partition coefficient (Wildman–Crippen LogP) is 2.47. The van der Waals surface area contributed by atoms with Gasteiger partial charge in [-0.15, -0.1) is 24.0 Å². The number of amides is 2. The maximum absolute atomic E-state index is 12.6. The highest BCUT2D eigenvalue weighted by molar-refractivity contribution is 14.0. The summed E-state index contributed by atoms with van der Waals surface area (Å²) in [5.41, 5.74) is 2.33. The minimum atomic E-state index is -0.140. The fourth-order valence-electron chi connectivity index (χ4n) is 3.28. The summed E-state index contributed by atoms with van der Waals surface area (Å²) in [7, 11) is 3.19. The Morgan fingerprint density at radius 1 is 1.12 bits per heavy atom. The number of methoxy groups -OCH3 is 2. The molecule has 0 saturated carbocycles. The molecular formula is C23H30IN5O4. The van der Waals surface area contributed by atoms with Gasteiger partial charge in [0.15, 0.2) is 17.5 Å². The number of halogens is 1. The van der Waals surface area contributed by atoms with E-state index in [1.54, 1.807) is 31.3 Å². The highest BCUT2D eigenvalue weighted by Gasteiger charge is 2.22. The molecule has 2 aromatic rings. The van der Waals surface area contributed by atoms with E-state index in [9.17, 15) is 9.59 Å². The summed E-state index contributed by atoms with van der Waals surface area (Å²) in [5, 5.41) is 9.19. The zero-order valence-corrected chi connectivity index (χ0v) is 21.3. The molecule has 0 radical (unpaired) electrons. The van der Waals surface area contributed by atoms with Gasteiger partial charge in [0.1, 0.15) is 0 Å². The van der Waals surface area contributed by atoms with E-state index >= 15 is 0 Å². The Hall–Kier alpha value is -3.02. The Labute approximate surface area is 210 Å².